The van der Waals surface area contributed by atoms with Crippen LogP contribution >= 0.6 is 0 Å². The van der Waals surface area contributed by atoms with E-state index in [9.17, 15) is 18.0 Å². The lowest BCUT2D eigenvalue weighted by atomic mass is 10.1. The van der Waals surface area contributed by atoms with E-state index in [4.69, 9.17) is 10.8 Å². The summed E-state index contributed by atoms with van der Waals surface area (Å²) in [6, 6.07) is -0.459. The third-order valence-electron chi connectivity index (χ3n) is 1.85. The molecule has 0 fully saturated rings. The highest BCUT2D eigenvalue weighted by Crippen LogP contribution is 2.16. The number of nitrogens with two attached hydrogens (primary N) is 1. The molecule has 0 spiro atoms. The van der Waals surface area contributed by atoms with Crippen LogP contribution < -0.4 is 5.73 Å². The van der Waals surface area contributed by atoms with Crippen LogP contribution in [0.3, 0.4) is 0 Å². The predicted molar refractivity (Wildman–Crippen MR) is 45.6 cm³/mol. The lowest BCUT2D eigenvalue weighted by molar-refractivity contribution is -0.138. The van der Waals surface area contributed by atoms with Crippen molar-refractivity contribution < 1.29 is 23.1 Å². The van der Waals surface area contributed by atoms with Gasteiger partial charge in [-0.25, -0.2) is 13.2 Å². The van der Waals surface area contributed by atoms with Crippen LogP contribution in [0.4, 0.5) is 13.2 Å². The zero-order valence-electron chi connectivity index (χ0n) is 7.51. The molecule has 1 rings (SSSR count). The van der Waals surface area contributed by atoms with Gasteiger partial charge in [0.15, 0.2) is 0 Å². The second kappa shape index (κ2) is 4.31. The van der Waals surface area contributed by atoms with Crippen LogP contribution in [0.15, 0.2) is 12.1 Å². The van der Waals surface area contributed by atoms with E-state index in [1.165, 1.54) is 0 Å². The molecule has 15 heavy (non-hydrogen) atoms. The highest BCUT2D eigenvalue weighted by Gasteiger charge is 2.18. The Balaban J connectivity index is 3.00. The predicted octanol–water partition coefficient (Wildman–Crippen LogP) is 1.06. The Morgan fingerprint density at radius 3 is 2.20 bits per heavy atom. The van der Waals surface area contributed by atoms with Gasteiger partial charge in [0.1, 0.15) is 23.5 Å². The van der Waals surface area contributed by atoms with Crippen molar-refractivity contribution in [3.05, 3.63) is 35.1 Å². The molecule has 0 aliphatic rings. The van der Waals surface area contributed by atoms with Crippen LogP contribution in [0.2, 0.25) is 0 Å². The molecule has 1 unspecified atom stereocenters. The van der Waals surface area contributed by atoms with Gasteiger partial charge in [-0.15, -0.1) is 0 Å². The Kier molecular flexibility index (Phi) is 3.31. The summed E-state index contributed by atoms with van der Waals surface area (Å²) in [5.41, 5.74) is 4.58. The second-order valence-electron chi connectivity index (χ2n) is 3.00. The molecule has 0 saturated heterocycles. The molecule has 0 heterocycles. The number of benzene rings is 1. The summed E-state index contributed by atoms with van der Waals surface area (Å²) < 4.78 is 38.5. The van der Waals surface area contributed by atoms with Crippen molar-refractivity contribution >= 4 is 5.97 Å². The summed E-state index contributed by atoms with van der Waals surface area (Å²) in [5.74, 6) is -4.70. The molecule has 0 aromatic heterocycles. The van der Waals surface area contributed by atoms with Gasteiger partial charge in [0.25, 0.3) is 0 Å². The van der Waals surface area contributed by atoms with Crippen LogP contribution in [0, 0.1) is 17.5 Å². The van der Waals surface area contributed by atoms with Gasteiger partial charge >= 0.3 is 5.97 Å². The van der Waals surface area contributed by atoms with Crippen molar-refractivity contribution in [1.29, 1.82) is 0 Å². The fourth-order valence-electron chi connectivity index (χ4n) is 1.07. The fourth-order valence-corrected chi connectivity index (χ4v) is 1.07. The molecule has 0 radical (unpaired) electrons. The maximum Gasteiger partial charge on any atom is 0.320 e. The van der Waals surface area contributed by atoms with Crippen LogP contribution in [-0.4, -0.2) is 17.1 Å². The molecule has 1 aromatic carbocycles. The summed E-state index contributed by atoms with van der Waals surface area (Å²) in [6.07, 6.45) is -0.521. The Morgan fingerprint density at radius 1 is 1.33 bits per heavy atom. The van der Waals surface area contributed by atoms with E-state index in [1.807, 2.05) is 0 Å². The smallest absolute Gasteiger partial charge is 0.320 e. The summed E-state index contributed by atoms with van der Waals surface area (Å²) >= 11 is 0. The summed E-state index contributed by atoms with van der Waals surface area (Å²) in [6.45, 7) is 0. The molecule has 0 bridgehead atoms. The van der Waals surface area contributed by atoms with E-state index < -0.39 is 41.4 Å². The number of hydrogen-bond donors (Lipinski definition) is 2. The number of rotatable bonds is 3. The van der Waals surface area contributed by atoms with E-state index in [-0.39, 0.29) is 0 Å². The van der Waals surface area contributed by atoms with Crippen LogP contribution in [-0.2, 0) is 11.2 Å². The minimum absolute atomic E-state index is 0.479. The first-order valence-corrected chi connectivity index (χ1v) is 4.03. The molecule has 0 amide bonds. The van der Waals surface area contributed by atoms with Gasteiger partial charge in [0.05, 0.1) is 0 Å². The Bertz CT molecular complexity index is 372. The molecular formula is C9H8F3NO2. The average molecular weight is 219 g/mol. The first-order chi connectivity index (χ1) is 6.91. The van der Waals surface area contributed by atoms with Gasteiger partial charge in [-0.2, -0.15) is 0 Å². The third kappa shape index (κ3) is 2.69. The van der Waals surface area contributed by atoms with Crippen molar-refractivity contribution in [3.63, 3.8) is 0 Å². The van der Waals surface area contributed by atoms with Gasteiger partial charge in [-0.1, -0.05) is 0 Å². The van der Waals surface area contributed by atoms with Crippen molar-refractivity contribution in [1.82, 2.24) is 0 Å². The molecule has 82 valence electrons. The Hall–Kier alpha value is -1.56. The first-order valence-electron chi connectivity index (χ1n) is 4.03. The molecule has 1 atom stereocenters. The van der Waals surface area contributed by atoms with E-state index in [0.717, 1.165) is 0 Å². The first kappa shape index (κ1) is 11.5. The highest BCUT2D eigenvalue weighted by atomic mass is 19.1. The lowest BCUT2D eigenvalue weighted by Gasteiger charge is -2.08. The van der Waals surface area contributed by atoms with Gasteiger partial charge in [-0.3, -0.25) is 4.79 Å². The maximum absolute atomic E-state index is 13.0. The second-order valence-corrected chi connectivity index (χ2v) is 3.00. The Labute approximate surface area is 83.3 Å². The lowest BCUT2D eigenvalue weighted by Crippen LogP contribution is -2.33. The van der Waals surface area contributed by atoms with Crippen molar-refractivity contribution in [2.24, 2.45) is 5.73 Å². The van der Waals surface area contributed by atoms with Gasteiger partial charge < -0.3 is 10.8 Å². The van der Waals surface area contributed by atoms with Gasteiger partial charge in [0, 0.05) is 24.1 Å². The highest BCUT2D eigenvalue weighted by molar-refractivity contribution is 5.73. The summed E-state index contributed by atoms with van der Waals surface area (Å²) in [4.78, 5) is 10.3. The van der Waals surface area contributed by atoms with Crippen LogP contribution in [0.5, 0.6) is 0 Å². The van der Waals surface area contributed by atoms with E-state index >= 15 is 0 Å². The fraction of sp³-hybridized carbons (Fsp3) is 0.222. The van der Waals surface area contributed by atoms with Crippen LogP contribution in [0.1, 0.15) is 5.56 Å². The molecule has 0 aliphatic carbocycles. The normalized spacial score (nSPS) is 12.5. The Morgan fingerprint density at radius 2 is 1.80 bits per heavy atom. The molecule has 3 nitrogen and oxygen atoms in total. The van der Waals surface area contributed by atoms with E-state index in [1.54, 1.807) is 0 Å². The van der Waals surface area contributed by atoms with Gasteiger partial charge in [-0.05, 0) is 0 Å². The average Bonchev–Trinajstić information content (AvgIpc) is 2.10. The van der Waals surface area contributed by atoms with Crippen molar-refractivity contribution in [2.75, 3.05) is 0 Å². The van der Waals surface area contributed by atoms with Crippen LogP contribution in [0.25, 0.3) is 0 Å². The maximum atomic E-state index is 13.0. The molecule has 1 aromatic rings. The quantitative estimate of drug-likeness (QED) is 0.798. The summed E-state index contributed by atoms with van der Waals surface area (Å²) in [5, 5.41) is 8.44. The number of carbonyl (C=O) groups is 1. The third-order valence-corrected chi connectivity index (χ3v) is 1.85. The monoisotopic (exact) mass is 219 g/mol. The topological polar surface area (TPSA) is 63.3 Å². The van der Waals surface area contributed by atoms with Gasteiger partial charge in [0.2, 0.25) is 0 Å². The zero-order valence-corrected chi connectivity index (χ0v) is 7.51. The molecule has 6 heteroatoms. The standard InChI is InChI=1S/C9H8F3NO2/c10-4-1-6(11)5(7(12)2-4)3-8(13)9(14)15/h1-2,8H,3,13H2,(H,14,15). The zero-order chi connectivity index (χ0) is 11.6. The minimum atomic E-state index is -1.42. The van der Waals surface area contributed by atoms with E-state index in [0.29, 0.717) is 12.1 Å². The molecule has 3 N–H and O–H groups in total. The number of carboxylic acids is 1. The molecular weight excluding hydrogens is 211 g/mol. The minimum Gasteiger partial charge on any atom is -0.480 e. The van der Waals surface area contributed by atoms with Crippen molar-refractivity contribution in [2.45, 2.75) is 12.5 Å². The molecule has 0 saturated carbocycles. The van der Waals surface area contributed by atoms with E-state index in [2.05, 4.69) is 0 Å². The summed E-state index contributed by atoms with van der Waals surface area (Å²) in [7, 11) is 0. The number of halogens is 3. The SMILES string of the molecule is NC(Cc1c(F)cc(F)cc1F)C(=O)O. The number of carboxylic acid groups (broad SMARTS) is 1. The molecule has 0 aliphatic heterocycles. The number of aliphatic carboxylic acids is 1. The number of hydrogen-bond acceptors (Lipinski definition) is 2. The van der Waals surface area contributed by atoms with Crippen molar-refractivity contribution in [3.8, 4) is 0 Å². The largest absolute Gasteiger partial charge is 0.480 e.